The Hall–Kier alpha value is -0.770. The number of aliphatic hydroxyl groups excluding tert-OH is 5. The van der Waals surface area contributed by atoms with E-state index >= 15 is 0 Å². The summed E-state index contributed by atoms with van der Waals surface area (Å²) in [5, 5.41) is 48.8. The second-order valence-electron chi connectivity index (χ2n) is 5.19. The molecule has 0 aromatic rings. The molecule has 1 amide bonds. The van der Waals surface area contributed by atoms with Gasteiger partial charge in [0, 0.05) is 6.42 Å². The summed E-state index contributed by atoms with van der Waals surface area (Å²) in [6, 6.07) is -0.347. The van der Waals surface area contributed by atoms with Gasteiger partial charge in [0.25, 0.3) is 5.91 Å². The number of ether oxygens (including phenoxy) is 1. The normalized spacial score (nSPS) is 29.8. The van der Waals surface area contributed by atoms with Crippen LogP contribution in [0.25, 0.3) is 0 Å². The summed E-state index contributed by atoms with van der Waals surface area (Å²) >= 11 is 0. The highest BCUT2D eigenvalue weighted by atomic mass is 16.5. The molecule has 3 unspecified atom stereocenters. The van der Waals surface area contributed by atoms with Crippen LogP contribution in [0.1, 0.15) is 20.3 Å². The molecule has 0 bridgehead atoms. The Morgan fingerprint density at radius 3 is 2.30 bits per heavy atom. The van der Waals surface area contributed by atoms with E-state index in [0.717, 1.165) is 6.42 Å². The zero-order chi connectivity index (χ0) is 15.4. The quantitative estimate of drug-likeness (QED) is 0.296. The molecule has 8 heteroatoms. The smallest absolute Gasteiger partial charge is 0.251 e. The topological polar surface area (TPSA) is 139 Å². The summed E-state index contributed by atoms with van der Waals surface area (Å²) in [6.45, 7) is 2.81. The van der Waals surface area contributed by atoms with Crippen LogP contribution in [-0.4, -0.2) is 80.7 Å². The molecule has 1 rings (SSSR count). The van der Waals surface area contributed by atoms with E-state index in [9.17, 15) is 20.1 Å². The fourth-order valence-electron chi connectivity index (χ4n) is 2.02. The molecule has 20 heavy (non-hydrogen) atoms. The van der Waals surface area contributed by atoms with Gasteiger partial charge in [-0.3, -0.25) is 4.79 Å². The van der Waals surface area contributed by atoms with E-state index in [4.69, 9.17) is 14.9 Å². The zero-order valence-corrected chi connectivity index (χ0v) is 11.5. The number of hydrogen-bond donors (Lipinski definition) is 6. The van der Waals surface area contributed by atoms with Gasteiger partial charge in [0.2, 0.25) is 0 Å². The third-order valence-electron chi connectivity index (χ3n) is 3.42. The SMILES string of the molecule is CC1CC(C(C)NC(=O)[C@H](O)[C@@H](O)[C@H](O)[C@H](O)CO)O1. The fraction of sp³-hybridized carbons (Fsp3) is 0.917. The molecule has 6 N–H and O–H groups in total. The number of carbonyl (C=O) groups excluding carboxylic acids is 1. The third-order valence-corrected chi connectivity index (χ3v) is 3.42. The van der Waals surface area contributed by atoms with E-state index in [1.807, 2.05) is 6.92 Å². The van der Waals surface area contributed by atoms with E-state index in [0.29, 0.717) is 0 Å². The minimum Gasteiger partial charge on any atom is -0.394 e. The van der Waals surface area contributed by atoms with Crippen molar-refractivity contribution in [3.63, 3.8) is 0 Å². The van der Waals surface area contributed by atoms with Gasteiger partial charge in [-0.15, -0.1) is 0 Å². The summed E-state index contributed by atoms with van der Waals surface area (Å²) < 4.78 is 5.36. The van der Waals surface area contributed by atoms with Crippen molar-refractivity contribution in [3.8, 4) is 0 Å². The lowest BCUT2D eigenvalue weighted by molar-refractivity contribution is -0.156. The average molecular weight is 293 g/mol. The maximum Gasteiger partial charge on any atom is 0.251 e. The van der Waals surface area contributed by atoms with Crippen molar-refractivity contribution < 1.29 is 35.1 Å². The molecule has 0 aromatic heterocycles. The van der Waals surface area contributed by atoms with E-state index in [1.165, 1.54) is 0 Å². The van der Waals surface area contributed by atoms with Crippen molar-refractivity contribution in [3.05, 3.63) is 0 Å². The average Bonchev–Trinajstić information content (AvgIpc) is 2.40. The molecule has 0 spiro atoms. The molecule has 1 aliphatic rings. The number of hydrogen-bond acceptors (Lipinski definition) is 7. The zero-order valence-electron chi connectivity index (χ0n) is 11.5. The fourth-order valence-corrected chi connectivity index (χ4v) is 2.02. The van der Waals surface area contributed by atoms with Crippen LogP contribution in [0, 0.1) is 0 Å². The lowest BCUT2D eigenvalue weighted by atomic mass is 9.99. The maximum atomic E-state index is 11.7. The van der Waals surface area contributed by atoms with Crippen molar-refractivity contribution in [2.45, 2.75) is 62.9 Å². The molecule has 0 radical (unpaired) electrons. The van der Waals surface area contributed by atoms with E-state index < -0.39 is 36.9 Å². The summed E-state index contributed by atoms with van der Waals surface area (Å²) in [5.41, 5.74) is 0. The van der Waals surface area contributed by atoms with Crippen molar-refractivity contribution in [1.29, 1.82) is 0 Å². The van der Waals surface area contributed by atoms with Crippen LogP contribution < -0.4 is 5.32 Å². The molecule has 118 valence electrons. The van der Waals surface area contributed by atoms with Gasteiger partial charge < -0.3 is 35.6 Å². The highest BCUT2D eigenvalue weighted by molar-refractivity contribution is 5.81. The molecule has 1 fully saturated rings. The molecule has 7 atom stereocenters. The maximum absolute atomic E-state index is 11.7. The molecular formula is C12H23NO7. The number of nitrogens with one attached hydrogen (secondary N) is 1. The lowest BCUT2D eigenvalue weighted by Crippen LogP contribution is -2.56. The van der Waals surface area contributed by atoms with Crippen LogP contribution in [0.5, 0.6) is 0 Å². The molecule has 0 aromatic carbocycles. The largest absolute Gasteiger partial charge is 0.394 e. The molecule has 1 heterocycles. The molecule has 1 saturated heterocycles. The van der Waals surface area contributed by atoms with Crippen LogP contribution in [0.2, 0.25) is 0 Å². The number of carbonyl (C=O) groups is 1. The first-order chi connectivity index (χ1) is 9.27. The first-order valence-corrected chi connectivity index (χ1v) is 6.56. The van der Waals surface area contributed by atoms with Crippen molar-refractivity contribution in [2.24, 2.45) is 0 Å². The van der Waals surface area contributed by atoms with Crippen molar-refractivity contribution in [1.82, 2.24) is 5.32 Å². The van der Waals surface area contributed by atoms with Crippen LogP contribution in [0.3, 0.4) is 0 Å². The predicted octanol–water partition coefficient (Wildman–Crippen LogP) is -2.90. The number of rotatable bonds is 7. The van der Waals surface area contributed by atoms with Gasteiger partial charge in [0.15, 0.2) is 6.10 Å². The van der Waals surface area contributed by atoms with Crippen LogP contribution in [0.15, 0.2) is 0 Å². The van der Waals surface area contributed by atoms with Crippen molar-refractivity contribution in [2.75, 3.05) is 6.61 Å². The highest BCUT2D eigenvalue weighted by Gasteiger charge is 2.37. The lowest BCUT2D eigenvalue weighted by Gasteiger charge is -2.38. The van der Waals surface area contributed by atoms with E-state index in [-0.39, 0.29) is 18.2 Å². The summed E-state index contributed by atoms with van der Waals surface area (Å²) in [5.74, 6) is -0.877. The standard InChI is InChI=1S/C12H23NO7/c1-5-3-8(20-5)6(2)13-12(19)11(18)10(17)9(16)7(15)4-14/h5-11,14-18H,3-4H2,1-2H3,(H,13,19)/t5?,6?,7-,8?,9-,10+,11-/m1/s1. The van der Waals surface area contributed by atoms with E-state index in [2.05, 4.69) is 5.32 Å². The van der Waals surface area contributed by atoms with Gasteiger partial charge in [-0.1, -0.05) is 0 Å². The van der Waals surface area contributed by atoms with Crippen LogP contribution in [-0.2, 0) is 9.53 Å². The Bertz CT molecular complexity index is 321. The predicted molar refractivity (Wildman–Crippen MR) is 67.7 cm³/mol. The van der Waals surface area contributed by atoms with Gasteiger partial charge >= 0.3 is 0 Å². The van der Waals surface area contributed by atoms with E-state index in [1.54, 1.807) is 6.92 Å². The number of aliphatic hydroxyl groups is 5. The third kappa shape index (κ3) is 4.11. The summed E-state index contributed by atoms with van der Waals surface area (Å²) in [4.78, 5) is 11.7. The second-order valence-corrected chi connectivity index (χ2v) is 5.19. The first kappa shape index (κ1) is 17.3. The Balaban J connectivity index is 2.45. The minimum absolute atomic E-state index is 0.136. The first-order valence-electron chi connectivity index (χ1n) is 6.56. The van der Waals surface area contributed by atoms with Gasteiger partial charge in [0.05, 0.1) is 24.9 Å². The Morgan fingerprint density at radius 1 is 1.30 bits per heavy atom. The second kappa shape index (κ2) is 7.30. The van der Waals surface area contributed by atoms with Gasteiger partial charge in [-0.05, 0) is 13.8 Å². The number of amides is 1. The molecule has 1 aliphatic heterocycles. The Morgan fingerprint density at radius 2 is 1.85 bits per heavy atom. The van der Waals surface area contributed by atoms with Crippen LogP contribution in [0.4, 0.5) is 0 Å². The van der Waals surface area contributed by atoms with Crippen LogP contribution >= 0.6 is 0 Å². The minimum atomic E-state index is -1.91. The Kier molecular flexibility index (Phi) is 6.31. The van der Waals surface area contributed by atoms with Gasteiger partial charge in [-0.25, -0.2) is 0 Å². The van der Waals surface area contributed by atoms with Crippen molar-refractivity contribution >= 4 is 5.91 Å². The van der Waals surface area contributed by atoms with Gasteiger partial charge in [-0.2, -0.15) is 0 Å². The summed E-state index contributed by atoms with van der Waals surface area (Å²) in [7, 11) is 0. The molecule has 0 saturated carbocycles. The molecule has 0 aliphatic carbocycles. The molecular weight excluding hydrogens is 270 g/mol. The Labute approximate surface area is 117 Å². The van der Waals surface area contributed by atoms with Gasteiger partial charge in [0.1, 0.15) is 18.3 Å². The summed E-state index contributed by atoms with van der Waals surface area (Å²) in [6.07, 6.45) is -6.50. The molecule has 8 nitrogen and oxygen atoms in total. The monoisotopic (exact) mass is 293 g/mol. The highest BCUT2D eigenvalue weighted by Crippen LogP contribution is 2.22.